The van der Waals surface area contributed by atoms with Gasteiger partial charge in [0.1, 0.15) is 0 Å². The molecule has 0 aromatic rings. The second-order valence-corrected chi connectivity index (χ2v) is 6.34. The number of ether oxygens (including phenoxy) is 1. The van der Waals surface area contributed by atoms with Crippen molar-refractivity contribution in [2.75, 3.05) is 40.0 Å². The minimum Gasteiger partial charge on any atom is -0.506 e. The number of fused-ring (bicyclic) bond motifs is 1. The molecule has 1 unspecified atom stereocenters. The zero-order chi connectivity index (χ0) is 14.2. The normalized spacial score (nSPS) is 40.3. The van der Waals surface area contributed by atoms with Crippen molar-refractivity contribution in [2.24, 2.45) is 5.92 Å². The summed E-state index contributed by atoms with van der Waals surface area (Å²) in [5.74, 6) is -0.0582. The van der Waals surface area contributed by atoms with Crippen LogP contribution < -0.4 is 0 Å². The summed E-state index contributed by atoms with van der Waals surface area (Å²) in [6, 6.07) is 0. The van der Waals surface area contributed by atoms with E-state index in [9.17, 15) is 4.79 Å². The standard InChI is InChI=1S/C14H24BNO4/c1-3-18-14(17)12-4-6-13(7-5-12)15-16(2,8-10-19-15)9-11-20-15/h6,12H,3-5,7-11H2,1-2H3. The molecule has 5 nitrogen and oxygen atoms in total. The molecule has 3 aliphatic rings. The lowest BCUT2D eigenvalue weighted by Crippen LogP contribution is -2.61. The van der Waals surface area contributed by atoms with Crippen molar-refractivity contribution in [3.8, 4) is 0 Å². The first-order chi connectivity index (χ1) is 9.61. The van der Waals surface area contributed by atoms with Crippen LogP contribution in [0.15, 0.2) is 11.5 Å². The first kappa shape index (κ1) is 14.1. The summed E-state index contributed by atoms with van der Waals surface area (Å²) in [6.45, 7) is 4.58. The maximum Gasteiger partial charge on any atom is 0.498 e. The fraction of sp³-hybridized carbons (Fsp3) is 0.786. The minimum atomic E-state index is -1.33. The molecule has 0 saturated carbocycles. The Morgan fingerprint density at radius 3 is 2.70 bits per heavy atom. The van der Waals surface area contributed by atoms with Gasteiger partial charge in [0, 0.05) is 7.05 Å². The highest BCUT2D eigenvalue weighted by molar-refractivity contribution is 6.68. The summed E-state index contributed by atoms with van der Waals surface area (Å²) in [5, 5.41) is 0. The summed E-state index contributed by atoms with van der Waals surface area (Å²) in [6.07, 6.45) is 4.67. The zero-order valence-electron chi connectivity index (χ0n) is 12.5. The number of allylic oxidation sites excluding steroid dienone is 2. The van der Waals surface area contributed by atoms with Crippen LogP contribution in [0.4, 0.5) is 0 Å². The Morgan fingerprint density at radius 2 is 2.15 bits per heavy atom. The highest BCUT2D eigenvalue weighted by Gasteiger charge is 2.58. The van der Waals surface area contributed by atoms with E-state index in [0.717, 1.165) is 50.0 Å². The van der Waals surface area contributed by atoms with Crippen LogP contribution >= 0.6 is 0 Å². The fourth-order valence-corrected chi connectivity index (χ4v) is 3.98. The predicted octanol–water partition coefficient (Wildman–Crippen LogP) is 1.26. The smallest absolute Gasteiger partial charge is 0.498 e. The Hall–Kier alpha value is -0.845. The largest absolute Gasteiger partial charge is 0.506 e. The van der Waals surface area contributed by atoms with Gasteiger partial charge in [0.15, 0.2) is 0 Å². The molecule has 0 aromatic heterocycles. The van der Waals surface area contributed by atoms with Crippen molar-refractivity contribution < 1.29 is 23.2 Å². The molecule has 2 heterocycles. The van der Waals surface area contributed by atoms with Gasteiger partial charge in [0.25, 0.3) is 0 Å². The maximum atomic E-state index is 11.8. The Labute approximate surface area is 120 Å². The van der Waals surface area contributed by atoms with E-state index in [-0.39, 0.29) is 11.9 Å². The molecule has 0 amide bonds. The van der Waals surface area contributed by atoms with E-state index in [1.165, 1.54) is 5.47 Å². The summed E-state index contributed by atoms with van der Waals surface area (Å²) < 4.78 is 18.2. The summed E-state index contributed by atoms with van der Waals surface area (Å²) in [7, 11) is 2.23. The van der Waals surface area contributed by atoms with E-state index < -0.39 is 6.69 Å². The number of carbonyl (C=O) groups excluding carboxylic acids is 1. The number of quaternary nitrogens is 1. The van der Waals surface area contributed by atoms with Crippen molar-refractivity contribution in [3.63, 3.8) is 0 Å². The molecule has 112 valence electrons. The van der Waals surface area contributed by atoms with Gasteiger partial charge in [0.05, 0.1) is 38.8 Å². The Kier molecular flexibility index (Phi) is 3.64. The molecule has 0 N–H and O–H groups in total. The number of carbonyl (C=O) groups is 1. The number of likely N-dealkylation sites (N-methyl/N-ethyl adjacent to an activating group) is 1. The van der Waals surface area contributed by atoms with E-state index in [1.807, 2.05) is 6.92 Å². The van der Waals surface area contributed by atoms with Crippen LogP contribution in [0.1, 0.15) is 26.2 Å². The maximum absolute atomic E-state index is 11.8. The van der Waals surface area contributed by atoms with E-state index in [1.54, 1.807) is 0 Å². The van der Waals surface area contributed by atoms with Crippen molar-refractivity contribution in [3.05, 3.63) is 11.5 Å². The number of rotatable bonds is 3. The molecular formula is C14H24BNO4. The van der Waals surface area contributed by atoms with Gasteiger partial charge in [-0.2, -0.15) is 0 Å². The van der Waals surface area contributed by atoms with Gasteiger partial charge in [-0.05, 0) is 19.8 Å². The first-order valence-corrected chi connectivity index (χ1v) is 7.73. The molecule has 0 radical (unpaired) electrons. The lowest BCUT2D eigenvalue weighted by molar-refractivity contribution is -0.799. The zero-order valence-corrected chi connectivity index (χ0v) is 12.5. The molecule has 0 bridgehead atoms. The van der Waals surface area contributed by atoms with Crippen molar-refractivity contribution in [2.45, 2.75) is 26.2 Å². The highest BCUT2D eigenvalue weighted by Crippen LogP contribution is 2.41. The van der Waals surface area contributed by atoms with Crippen molar-refractivity contribution in [1.29, 1.82) is 0 Å². The van der Waals surface area contributed by atoms with E-state index in [2.05, 4.69) is 13.1 Å². The third-order valence-corrected chi connectivity index (χ3v) is 5.25. The molecule has 0 aromatic carbocycles. The average molecular weight is 281 g/mol. The molecular weight excluding hydrogens is 257 g/mol. The molecule has 0 spiro atoms. The number of esters is 1. The molecule has 20 heavy (non-hydrogen) atoms. The molecule has 2 aliphatic heterocycles. The van der Waals surface area contributed by atoms with Gasteiger partial charge in [-0.15, -0.1) is 11.5 Å². The van der Waals surface area contributed by atoms with Gasteiger partial charge in [-0.25, -0.2) is 0 Å². The number of hydrogen-bond acceptors (Lipinski definition) is 4. The number of hydrogen-bond donors (Lipinski definition) is 0. The third-order valence-electron chi connectivity index (χ3n) is 5.25. The van der Waals surface area contributed by atoms with E-state index >= 15 is 0 Å². The van der Waals surface area contributed by atoms with Crippen molar-refractivity contribution in [1.82, 2.24) is 0 Å². The minimum absolute atomic E-state index is 0.00691. The van der Waals surface area contributed by atoms with Crippen molar-refractivity contribution >= 4 is 12.7 Å². The second kappa shape index (κ2) is 5.17. The Balaban J connectivity index is 1.75. The lowest BCUT2D eigenvalue weighted by atomic mass is 9.56. The number of nitrogens with zero attached hydrogens (tertiary/aromatic N) is 1. The van der Waals surface area contributed by atoms with Gasteiger partial charge in [-0.1, -0.05) is 6.42 Å². The first-order valence-electron chi connectivity index (χ1n) is 7.73. The summed E-state index contributed by atoms with van der Waals surface area (Å²) in [5.41, 5.74) is 1.28. The molecule has 6 heteroatoms. The fourth-order valence-electron chi connectivity index (χ4n) is 3.98. The Morgan fingerprint density at radius 1 is 1.45 bits per heavy atom. The SMILES string of the molecule is CCOC(=O)C1CC=C([B-]23OCC[N+]2(C)CCO3)CC1. The molecule has 2 saturated heterocycles. The third kappa shape index (κ3) is 2.01. The molecule has 1 atom stereocenters. The van der Waals surface area contributed by atoms with Crippen LogP contribution in [0.25, 0.3) is 0 Å². The molecule has 1 aliphatic carbocycles. The summed E-state index contributed by atoms with van der Waals surface area (Å²) in [4.78, 5) is 11.8. The van der Waals surface area contributed by atoms with Crippen LogP contribution in [-0.2, 0) is 18.8 Å². The van der Waals surface area contributed by atoms with Crippen LogP contribution in [0.5, 0.6) is 0 Å². The quantitative estimate of drug-likeness (QED) is 0.577. The van der Waals surface area contributed by atoms with Crippen LogP contribution in [0.2, 0.25) is 0 Å². The molecule has 2 fully saturated rings. The predicted molar refractivity (Wildman–Crippen MR) is 75.6 cm³/mol. The average Bonchev–Trinajstić information content (AvgIpc) is 2.93. The van der Waals surface area contributed by atoms with Gasteiger partial charge >= 0.3 is 12.7 Å². The molecule has 3 rings (SSSR count). The van der Waals surface area contributed by atoms with E-state index in [4.69, 9.17) is 14.0 Å². The van der Waals surface area contributed by atoms with Crippen LogP contribution in [0.3, 0.4) is 0 Å². The summed E-state index contributed by atoms with van der Waals surface area (Å²) >= 11 is 0. The van der Waals surface area contributed by atoms with Gasteiger partial charge in [-0.3, -0.25) is 4.79 Å². The monoisotopic (exact) mass is 281 g/mol. The second-order valence-electron chi connectivity index (χ2n) is 6.34. The van der Waals surface area contributed by atoms with Crippen LogP contribution in [-0.4, -0.2) is 57.0 Å². The van der Waals surface area contributed by atoms with Crippen LogP contribution in [0, 0.1) is 5.92 Å². The topological polar surface area (TPSA) is 44.8 Å². The lowest BCUT2D eigenvalue weighted by Gasteiger charge is -2.46. The van der Waals surface area contributed by atoms with Gasteiger partial charge < -0.3 is 18.4 Å². The van der Waals surface area contributed by atoms with E-state index in [0.29, 0.717) is 6.61 Å². The Bertz CT molecular complexity index is 427. The highest BCUT2D eigenvalue weighted by atomic mass is 16.6. The van der Waals surface area contributed by atoms with Gasteiger partial charge in [0.2, 0.25) is 0 Å².